The predicted molar refractivity (Wildman–Crippen MR) is 114 cm³/mol. The number of hydrogen-bond acceptors (Lipinski definition) is 5. The van der Waals surface area contributed by atoms with E-state index in [1.165, 1.54) is 0 Å². The van der Waals surface area contributed by atoms with Gasteiger partial charge in [0.25, 0.3) is 0 Å². The van der Waals surface area contributed by atoms with Crippen molar-refractivity contribution >= 4 is 11.6 Å². The van der Waals surface area contributed by atoms with Crippen molar-refractivity contribution in [3.05, 3.63) is 64.6 Å². The van der Waals surface area contributed by atoms with Crippen molar-refractivity contribution in [1.82, 2.24) is 10.6 Å². The zero-order chi connectivity index (χ0) is 20.0. The second-order valence-electron chi connectivity index (χ2n) is 8.25. The summed E-state index contributed by atoms with van der Waals surface area (Å²) in [6.45, 7) is 3.60. The van der Waals surface area contributed by atoms with Crippen molar-refractivity contribution in [3.63, 3.8) is 0 Å². The average molecular weight is 412 g/mol. The van der Waals surface area contributed by atoms with Crippen molar-refractivity contribution in [1.29, 1.82) is 0 Å². The molecule has 0 amide bonds. The Morgan fingerprint density at radius 1 is 1.14 bits per heavy atom. The van der Waals surface area contributed by atoms with Crippen LogP contribution in [0.1, 0.15) is 31.7 Å². The van der Waals surface area contributed by atoms with Gasteiger partial charge in [-0.15, -0.1) is 0 Å². The molecule has 3 atom stereocenters. The van der Waals surface area contributed by atoms with E-state index < -0.39 is 5.66 Å². The molecule has 0 radical (unpaired) electrons. The van der Waals surface area contributed by atoms with E-state index in [2.05, 4.69) is 34.9 Å². The Bertz CT molecular complexity index is 954. The lowest BCUT2D eigenvalue weighted by atomic mass is 9.82. The number of fused-ring (bicyclic) bond motifs is 2. The maximum Gasteiger partial charge on any atom is 0.142 e. The third-order valence-corrected chi connectivity index (χ3v) is 6.49. The zero-order valence-electron chi connectivity index (χ0n) is 16.5. The van der Waals surface area contributed by atoms with Gasteiger partial charge in [0, 0.05) is 29.5 Å². The SMILES string of the molecule is CC1=C(N)N[C@@]2(C[C@@H]([C@H]3CCCOC3)Oc3ccc(-c4cccc(Cl)c4)cc32)N1. The lowest BCUT2D eigenvalue weighted by Gasteiger charge is -2.44. The van der Waals surface area contributed by atoms with Crippen LogP contribution in [0, 0.1) is 5.92 Å². The Hall–Kier alpha value is -2.37. The predicted octanol–water partition coefficient (Wildman–Crippen LogP) is 4.08. The number of rotatable bonds is 2. The molecule has 2 aromatic carbocycles. The number of nitrogens with one attached hydrogen (secondary N) is 2. The van der Waals surface area contributed by atoms with Crippen molar-refractivity contribution in [3.8, 4) is 16.9 Å². The molecular formula is C23H26ClN3O2. The van der Waals surface area contributed by atoms with Gasteiger partial charge in [0.15, 0.2) is 0 Å². The highest BCUT2D eigenvalue weighted by molar-refractivity contribution is 6.30. The Morgan fingerprint density at radius 2 is 2.00 bits per heavy atom. The maximum absolute atomic E-state index is 6.50. The lowest BCUT2D eigenvalue weighted by Crippen LogP contribution is -2.55. The van der Waals surface area contributed by atoms with Gasteiger partial charge in [-0.1, -0.05) is 29.8 Å². The van der Waals surface area contributed by atoms with Crippen molar-refractivity contribution in [2.24, 2.45) is 11.7 Å². The topological polar surface area (TPSA) is 68.5 Å². The third-order valence-electron chi connectivity index (χ3n) is 6.26. The summed E-state index contributed by atoms with van der Waals surface area (Å²) in [7, 11) is 0. The molecule has 1 spiro atoms. The number of benzene rings is 2. The fourth-order valence-corrected chi connectivity index (χ4v) is 4.92. The number of ether oxygens (including phenoxy) is 2. The molecule has 29 heavy (non-hydrogen) atoms. The van der Waals surface area contributed by atoms with E-state index in [-0.39, 0.29) is 6.10 Å². The minimum Gasteiger partial charge on any atom is -0.489 e. The molecule has 1 fully saturated rings. The molecule has 0 bridgehead atoms. The largest absolute Gasteiger partial charge is 0.489 e. The van der Waals surface area contributed by atoms with Gasteiger partial charge in [-0.05, 0) is 55.2 Å². The van der Waals surface area contributed by atoms with Crippen LogP contribution in [-0.2, 0) is 10.4 Å². The Morgan fingerprint density at radius 3 is 2.72 bits per heavy atom. The molecule has 0 unspecified atom stereocenters. The van der Waals surface area contributed by atoms with Crippen molar-refractivity contribution < 1.29 is 9.47 Å². The fraction of sp³-hybridized carbons (Fsp3) is 0.391. The van der Waals surface area contributed by atoms with Gasteiger partial charge in [-0.2, -0.15) is 0 Å². The molecular weight excluding hydrogens is 386 g/mol. The van der Waals surface area contributed by atoms with Crippen LogP contribution >= 0.6 is 11.6 Å². The van der Waals surface area contributed by atoms with Crippen LogP contribution in [0.2, 0.25) is 5.02 Å². The first kappa shape index (κ1) is 18.6. The number of hydrogen-bond donors (Lipinski definition) is 3. The van der Waals surface area contributed by atoms with Crippen LogP contribution in [0.3, 0.4) is 0 Å². The molecule has 3 heterocycles. The van der Waals surface area contributed by atoms with Crippen molar-refractivity contribution in [2.75, 3.05) is 13.2 Å². The first-order valence-electron chi connectivity index (χ1n) is 10.2. The molecule has 152 valence electrons. The summed E-state index contributed by atoms with van der Waals surface area (Å²) in [6.07, 6.45) is 3.06. The number of allylic oxidation sites excluding steroid dienone is 1. The lowest BCUT2D eigenvalue weighted by molar-refractivity contribution is -0.0224. The first-order valence-corrected chi connectivity index (χ1v) is 10.6. The third kappa shape index (κ3) is 3.32. The second-order valence-corrected chi connectivity index (χ2v) is 8.69. The molecule has 3 aliphatic rings. The monoisotopic (exact) mass is 411 g/mol. The minimum absolute atomic E-state index is 0.0681. The van der Waals surface area contributed by atoms with E-state index in [1.54, 1.807) is 0 Å². The molecule has 0 aromatic heterocycles. The minimum atomic E-state index is -0.474. The highest BCUT2D eigenvalue weighted by Gasteiger charge is 2.47. The number of nitrogens with two attached hydrogens (primary N) is 1. The maximum atomic E-state index is 6.50. The van der Waals surface area contributed by atoms with E-state index in [0.29, 0.717) is 11.7 Å². The van der Waals surface area contributed by atoms with Crippen LogP contribution in [0.15, 0.2) is 54.0 Å². The number of halogens is 1. The first-order chi connectivity index (χ1) is 14.0. The fourth-order valence-electron chi connectivity index (χ4n) is 4.73. The average Bonchev–Trinajstić information content (AvgIpc) is 3.02. The molecule has 1 saturated heterocycles. The van der Waals surface area contributed by atoms with Crippen LogP contribution in [-0.4, -0.2) is 19.3 Å². The van der Waals surface area contributed by atoms with Gasteiger partial charge in [0.2, 0.25) is 0 Å². The van der Waals surface area contributed by atoms with Crippen molar-refractivity contribution in [2.45, 2.75) is 38.0 Å². The van der Waals surface area contributed by atoms with E-state index >= 15 is 0 Å². The normalized spacial score (nSPS) is 28.5. The smallest absolute Gasteiger partial charge is 0.142 e. The van der Waals surface area contributed by atoms with Gasteiger partial charge < -0.3 is 25.8 Å². The van der Waals surface area contributed by atoms with Crippen LogP contribution in [0.4, 0.5) is 0 Å². The highest BCUT2D eigenvalue weighted by Crippen LogP contribution is 2.45. The van der Waals surface area contributed by atoms with Gasteiger partial charge in [-0.3, -0.25) is 0 Å². The van der Waals surface area contributed by atoms with Crippen LogP contribution in [0.25, 0.3) is 11.1 Å². The summed E-state index contributed by atoms with van der Waals surface area (Å²) in [4.78, 5) is 0. The van der Waals surface area contributed by atoms with Crippen LogP contribution < -0.4 is 21.1 Å². The Kier molecular flexibility index (Phi) is 4.60. The summed E-state index contributed by atoms with van der Waals surface area (Å²) in [5, 5.41) is 7.89. The summed E-state index contributed by atoms with van der Waals surface area (Å²) in [5.41, 5.74) is 9.99. The molecule has 5 rings (SSSR count). The molecule has 6 heteroatoms. The van der Waals surface area contributed by atoms with Gasteiger partial charge in [0.05, 0.1) is 12.3 Å². The Labute approximate surface area is 176 Å². The molecule has 0 aliphatic carbocycles. The summed E-state index contributed by atoms with van der Waals surface area (Å²) in [5.74, 6) is 1.96. The van der Waals surface area contributed by atoms with Gasteiger partial charge in [-0.25, -0.2) is 0 Å². The quantitative estimate of drug-likeness (QED) is 0.694. The summed E-state index contributed by atoms with van der Waals surface area (Å²) in [6, 6.07) is 14.2. The molecule has 5 nitrogen and oxygen atoms in total. The van der Waals surface area contributed by atoms with E-state index in [1.807, 2.05) is 25.1 Å². The van der Waals surface area contributed by atoms with E-state index in [9.17, 15) is 0 Å². The second kappa shape index (κ2) is 7.15. The molecule has 0 saturated carbocycles. The van der Waals surface area contributed by atoms with Crippen LogP contribution in [0.5, 0.6) is 5.75 Å². The molecule has 4 N–H and O–H groups in total. The standard InChI is InChI=1S/C23H26ClN3O2/c1-14-22(25)27-23(26-14)12-21(17-5-3-9-28-13-17)29-20-8-7-16(11-19(20)23)15-4-2-6-18(24)10-15/h2,4,6-8,10-11,17,21,26-27H,3,5,9,12-13,25H2,1H3/t17-,21-,23+/m0/s1. The summed E-state index contributed by atoms with van der Waals surface area (Å²) < 4.78 is 12.2. The van der Waals surface area contributed by atoms with E-state index in [0.717, 1.165) is 65.6 Å². The zero-order valence-corrected chi connectivity index (χ0v) is 17.3. The molecule has 2 aromatic rings. The van der Waals surface area contributed by atoms with Gasteiger partial charge in [0.1, 0.15) is 23.3 Å². The molecule has 3 aliphatic heterocycles. The van der Waals surface area contributed by atoms with Gasteiger partial charge >= 0.3 is 0 Å². The summed E-state index contributed by atoms with van der Waals surface area (Å²) >= 11 is 6.22. The van der Waals surface area contributed by atoms with E-state index in [4.69, 9.17) is 26.8 Å². The Balaban J connectivity index is 1.56. The highest BCUT2D eigenvalue weighted by atomic mass is 35.5.